The van der Waals surface area contributed by atoms with E-state index in [4.69, 9.17) is 0 Å². The summed E-state index contributed by atoms with van der Waals surface area (Å²) in [4.78, 5) is 16.4. The molecule has 0 aromatic carbocycles. The lowest BCUT2D eigenvalue weighted by Crippen LogP contribution is -2.46. The molecule has 3 N–H and O–H groups in total. The van der Waals surface area contributed by atoms with Crippen molar-refractivity contribution in [1.29, 1.82) is 0 Å². The van der Waals surface area contributed by atoms with Gasteiger partial charge in [0.25, 0.3) is 0 Å². The maximum atomic E-state index is 11.9. The summed E-state index contributed by atoms with van der Waals surface area (Å²) in [5, 5.41) is 17.9. The van der Waals surface area contributed by atoms with Crippen LogP contribution in [-0.2, 0) is 5.54 Å². The molecule has 6 heteroatoms. The third-order valence-electron chi connectivity index (χ3n) is 3.32. The second-order valence-corrected chi connectivity index (χ2v) is 7.58. The van der Waals surface area contributed by atoms with Crippen LogP contribution >= 0.6 is 11.3 Å². The molecule has 1 aromatic heterocycles. The maximum absolute atomic E-state index is 11.9. The zero-order valence-corrected chi connectivity index (χ0v) is 14.4. The number of aliphatic hydroxyl groups is 1. The van der Waals surface area contributed by atoms with Gasteiger partial charge < -0.3 is 15.7 Å². The van der Waals surface area contributed by atoms with Crippen molar-refractivity contribution >= 4 is 17.4 Å². The van der Waals surface area contributed by atoms with Crippen LogP contribution in [0.3, 0.4) is 0 Å². The fourth-order valence-electron chi connectivity index (χ4n) is 1.87. The van der Waals surface area contributed by atoms with Crippen LogP contribution in [0.5, 0.6) is 0 Å². The number of amides is 2. The fraction of sp³-hybridized carbons (Fsp3) is 0.733. The molecule has 0 spiro atoms. The van der Waals surface area contributed by atoms with Crippen LogP contribution in [0, 0.1) is 12.3 Å². The minimum absolute atomic E-state index is 0.0875. The average molecular weight is 313 g/mol. The molecule has 0 fully saturated rings. The van der Waals surface area contributed by atoms with E-state index in [1.807, 2.05) is 40.0 Å². The predicted molar refractivity (Wildman–Crippen MR) is 86.5 cm³/mol. The minimum atomic E-state index is -0.479. The molecule has 0 saturated carbocycles. The van der Waals surface area contributed by atoms with Gasteiger partial charge in [0, 0.05) is 24.2 Å². The Morgan fingerprint density at radius 1 is 1.38 bits per heavy atom. The molecule has 5 nitrogen and oxygen atoms in total. The number of thiazole rings is 1. The van der Waals surface area contributed by atoms with Crippen molar-refractivity contribution < 1.29 is 9.90 Å². The first-order chi connectivity index (χ1) is 9.66. The molecule has 0 aliphatic carbocycles. The summed E-state index contributed by atoms with van der Waals surface area (Å²) in [7, 11) is 0. The van der Waals surface area contributed by atoms with Crippen molar-refractivity contribution in [3.63, 3.8) is 0 Å². The monoisotopic (exact) mass is 313 g/mol. The number of aryl methyl sites for hydroxylation is 1. The first-order valence-electron chi connectivity index (χ1n) is 7.26. The summed E-state index contributed by atoms with van der Waals surface area (Å²) >= 11 is 1.55. The first kappa shape index (κ1) is 17.9. The van der Waals surface area contributed by atoms with Gasteiger partial charge in [-0.1, -0.05) is 13.8 Å². The Morgan fingerprint density at radius 3 is 2.57 bits per heavy atom. The molecular formula is C15H27N3O2S. The number of carbonyl (C=O) groups excluding carboxylic acids is 1. The first-order valence-corrected chi connectivity index (χ1v) is 8.14. The molecule has 0 aliphatic heterocycles. The summed E-state index contributed by atoms with van der Waals surface area (Å²) in [6, 6.07) is -0.186. The Balaban J connectivity index is 2.37. The van der Waals surface area contributed by atoms with Crippen molar-refractivity contribution in [2.75, 3.05) is 13.2 Å². The smallest absolute Gasteiger partial charge is 0.315 e. The van der Waals surface area contributed by atoms with Gasteiger partial charge in [-0.25, -0.2) is 9.78 Å². The van der Waals surface area contributed by atoms with Gasteiger partial charge in [0.15, 0.2) is 0 Å². The molecule has 0 atom stereocenters. The Hall–Kier alpha value is -1.14. The highest BCUT2D eigenvalue weighted by molar-refractivity contribution is 7.09. The summed E-state index contributed by atoms with van der Waals surface area (Å²) in [6.07, 6.45) is 1.72. The van der Waals surface area contributed by atoms with E-state index in [-0.39, 0.29) is 18.1 Å². The lowest BCUT2D eigenvalue weighted by Gasteiger charge is -2.24. The van der Waals surface area contributed by atoms with E-state index in [9.17, 15) is 9.90 Å². The SMILES string of the molecule is Cc1csc(C(C)(C)NC(=O)NCCCC(C)(C)CO)n1. The quantitative estimate of drug-likeness (QED) is 0.678. The van der Waals surface area contributed by atoms with Crippen molar-refractivity contribution in [3.05, 3.63) is 16.1 Å². The molecule has 2 amide bonds. The number of aromatic nitrogens is 1. The molecule has 1 heterocycles. The summed E-state index contributed by atoms with van der Waals surface area (Å²) in [5.41, 5.74) is 0.403. The van der Waals surface area contributed by atoms with E-state index in [0.717, 1.165) is 23.5 Å². The number of carbonyl (C=O) groups is 1. The largest absolute Gasteiger partial charge is 0.396 e. The highest BCUT2D eigenvalue weighted by Crippen LogP contribution is 2.23. The number of hydrogen-bond acceptors (Lipinski definition) is 4. The Bertz CT molecular complexity index is 469. The predicted octanol–water partition coefficient (Wildman–Crippen LogP) is 2.78. The molecule has 21 heavy (non-hydrogen) atoms. The van der Waals surface area contributed by atoms with Crippen molar-refractivity contribution in [2.45, 2.75) is 53.0 Å². The van der Waals surface area contributed by atoms with Crippen LogP contribution in [0.4, 0.5) is 4.79 Å². The third kappa shape index (κ3) is 6.01. The molecule has 1 rings (SSSR count). The van der Waals surface area contributed by atoms with Gasteiger partial charge in [-0.3, -0.25) is 0 Å². The molecule has 0 saturated heterocycles. The Morgan fingerprint density at radius 2 is 2.05 bits per heavy atom. The van der Waals surface area contributed by atoms with Crippen LogP contribution in [0.15, 0.2) is 5.38 Å². The number of rotatable bonds is 7. The summed E-state index contributed by atoms with van der Waals surface area (Å²) in [6.45, 7) is 10.6. The third-order valence-corrected chi connectivity index (χ3v) is 4.61. The number of urea groups is 1. The zero-order chi connectivity index (χ0) is 16.1. The average Bonchev–Trinajstić information content (AvgIpc) is 2.82. The van der Waals surface area contributed by atoms with E-state index in [0.29, 0.717) is 6.54 Å². The highest BCUT2D eigenvalue weighted by atomic mass is 32.1. The number of nitrogens with one attached hydrogen (secondary N) is 2. The fourth-order valence-corrected chi connectivity index (χ4v) is 2.75. The molecular weight excluding hydrogens is 286 g/mol. The second-order valence-electron chi connectivity index (χ2n) is 6.73. The van der Waals surface area contributed by atoms with Crippen LogP contribution in [0.2, 0.25) is 0 Å². The van der Waals surface area contributed by atoms with Crippen LogP contribution in [-0.4, -0.2) is 29.3 Å². The lowest BCUT2D eigenvalue weighted by molar-refractivity contribution is 0.148. The van der Waals surface area contributed by atoms with Gasteiger partial charge in [-0.2, -0.15) is 0 Å². The number of hydrogen-bond donors (Lipinski definition) is 3. The highest BCUT2D eigenvalue weighted by Gasteiger charge is 2.26. The van der Waals surface area contributed by atoms with E-state index < -0.39 is 5.54 Å². The normalized spacial score (nSPS) is 12.3. The summed E-state index contributed by atoms with van der Waals surface area (Å²) in [5.74, 6) is 0. The minimum Gasteiger partial charge on any atom is -0.396 e. The van der Waals surface area contributed by atoms with Gasteiger partial charge in [0.1, 0.15) is 5.01 Å². The van der Waals surface area contributed by atoms with Gasteiger partial charge in [-0.05, 0) is 39.0 Å². The molecule has 0 radical (unpaired) electrons. The Labute approximate surface area is 131 Å². The standard InChI is InChI=1S/C15H27N3O2S/c1-11-9-21-12(17-11)15(4,5)18-13(20)16-8-6-7-14(2,3)10-19/h9,19H,6-8,10H2,1-5H3,(H2,16,18,20). The number of aliphatic hydroxyl groups excluding tert-OH is 1. The van der Waals surface area contributed by atoms with Crippen LogP contribution in [0.25, 0.3) is 0 Å². The summed E-state index contributed by atoms with van der Waals surface area (Å²) < 4.78 is 0. The maximum Gasteiger partial charge on any atom is 0.315 e. The number of nitrogens with zero attached hydrogens (tertiary/aromatic N) is 1. The van der Waals surface area contributed by atoms with Crippen molar-refractivity contribution in [2.24, 2.45) is 5.41 Å². The van der Waals surface area contributed by atoms with Gasteiger partial charge in [0.05, 0.1) is 5.54 Å². The van der Waals surface area contributed by atoms with E-state index in [1.54, 1.807) is 11.3 Å². The van der Waals surface area contributed by atoms with Crippen LogP contribution in [0.1, 0.15) is 51.2 Å². The van der Waals surface area contributed by atoms with Crippen molar-refractivity contribution in [1.82, 2.24) is 15.6 Å². The molecule has 1 aromatic rings. The van der Waals surface area contributed by atoms with E-state index in [1.165, 1.54) is 0 Å². The van der Waals surface area contributed by atoms with Gasteiger partial charge in [0.2, 0.25) is 0 Å². The molecule has 0 aliphatic rings. The Kier molecular flexibility index (Phi) is 6.16. The van der Waals surface area contributed by atoms with Crippen LogP contribution < -0.4 is 10.6 Å². The topological polar surface area (TPSA) is 74.2 Å². The van der Waals surface area contributed by atoms with Crippen molar-refractivity contribution in [3.8, 4) is 0 Å². The lowest BCUT2D eigenvalue weighted by atomic mass is 9.89. The van der Waals surface area contributed by atoms with E-state index in [2.05, 4.69) is 15.6 Å². The molecule has 0 bridgehead atoms. The van der Waals surface area contributed by atoms with Gasteiger partial charge >= 0.3 is 6.03 Å². The zero-order valence-electron chi connectivity index (χ0n) is 13.6. The van der Waals surface area contributed by atoms with Gasteiger partial charge in [-0.15, -0.1) is 11.3 Å². The van der Waals surface area contributed by atoms with E-state index >= 15 is 0 Å². The molecule has 0 unspecified atom stereocenters. The molecule has 120 valence electrons. The second kappa shape index (κ2) is 7.22.